The highest BCUT2D eigenvalue weighted by Crippen LogP contribution is 2.30. The first-order valence-corrected chi connectivity index (χ1v) is 5.78. The monoisotopic (exact) mass is 273 g/mol. The lowest BCUT2D eigenvalue weighted by Gasteiger charge is -2.05. The number of hydrogen-bond acceptors (Lipinski definition) is 5. The number of rotatable bonds is 4. The summed E-state index contributed by atoms with van der Waals surface area (Å²) in [6, 6.07) is 10.3. The molecular formula is C15H10O5. The van der Waals surface area contributed by atoms with Crippen LogP contribution in [0.15, 0.2) is 51.7 Å². The summed E-state index contributed by atoms with van der Waals surface area (Å²) in [7, 11) is 0. The maximum absolute atomic E-state index is 12.3. The second-order valence-corrected chi connectivity index (χ2v) is 4.29. The van der Waals surface area contributed by atoms with Crippen molar-refractivity contribution in [1.29, 1.82) is 4.29 Å². The van der Waals surface area contributed by atoms with Crippen LogP contribution in [0.3, 0.4) is 0 Å². The van der Waals surface area contributed by atoms with Crippen molar-refractivity contribution in [2.45, 2.75) is 0 Å². The summed E-state index contributed by atoms with van der Waals surface area (Å²) in [6.07, 6.45) is 0. The molecule has 3 N–H and O–H groups in total. The topological polar surface area (TPSA) is 90.9 Å². The van der Waals surface area contributed by atoms with Crippen LogP contribution in [0.1, 0.15) is 0 Å². The van der Waals surface area contributed by atoms with E-state index in [-0.39, 0.29) is 33.7 Å². The molecule has 5 nitrogen and oxygen atoms in total. The lowest BCUT2D eigenvalue weighted by molar-refractivity contribution is 0.452. The van der Waals surface area contributed by atoms with E-state index >= 15 is 0 Å². The van der Waals surface area contributed by atoms with Crippen LogP contribution in [0, 0.1) is 0 Å². The number of hydrogen-bond donors (Lipinski definition) is 3. The number of phenolic OH excluding ortho intramolecular Hbond substituents is 3. The Morgan fingerprint density at radius 2 is 1.75 bits per heavy atom. The molecule has 1 aromatic heterocycles. The molecule has 2 aromatic carbocycles. The second kappa shape index (κ2) is 4.31. The summed E-state index contributed by atoms with van der Waals surface area (Å²) >= 11 is 0. The Morgan fingerprint density at radius 3 is 2.45 bits per heavy atom. The van der Waals surface area contributed by atoms with Crippen molar-refractivity contribution in [1.82, 2.24) is 0 Å². The zero-order chi connectivity index (χ0) is 16.4. The number of benzene rings is 2. The third kappa shape index (κ3) is 1.95. The van der Waals surface area contributed by atoms with E-state index in [1.165, 1.54) is 18.2 Å². The first-order valence-electron chi connectivity index (χ1n) is 7.00. The lowest BCUT2D eigenvalue weighted by atomic mass is 10.1. The summed E-state index contributed by atoms with van der Waals surface area (Å²) in [5.74, 6) is 0.671. The minimum absolute atomic E-state index is 0.0528. The SMILES string of the molecule is [2H]Oc1ccc(-c2cc(=O)c3c(O[2H])cc(O[2H])cc3o2)cc1. The molecule has 0 aliphatic carbocycles. The van der Waals surface area contributed by atoms with E-state index < -0.39 is 0 Å². The molecule has 20 heavy (non-hydrogen) atoms. The van der Waals surface area contributed by atoms with Crippen LogP contribution in [-0.4, -0.2) is 19.6 Å². The van der Waals surface area contributed by atoms with E-state index in [2.05, 4.69) is 15.3 Å². The molecule has 100 valence electrons. The molecule has 0 radical (unpaired) electrons. The fraction of sp³-hybridized carbons (Fsp3) is 0. The summed E-state index contributed by atoms with van der Waals surface area (Å²) < 4.78 is 26.5. The highest BCUT2D eigenvalue weighted by atomic mass is 16.3. The molecule has 0 atom stereocenters. The van der Waals surface area contributed by atoms with Crippen molar-refractivity contribution >= 4 is 11.0 Å². The third-order valence-electron chi connectivity index (χ3n) is 2.91. The summed E-state index contributed by atoms with van der Waals surface area (Å²) in [6.45, 7) is 0. The van der Waals surface area contributed by atoms with Gasteiger partial charge in [0.2, 0.25) is 0 Å². The maximum atomic E-state index is 12.3. The zero-order valence-corrected chi connectivity index (χ0v) is 10.1. The van der Waals surface area contributed by atoms with Crippen molar-refractivity contribution in [2.75, 3.05) is 0 Å². The summed E-state index contributed by atoms with van der Waals surface area (Å²) in [5, 5.41) is 13.2. The average molecular weight is 273 g/mol. The first-order chi connectivity index (χ1) is 11.2. The quantitative estimate of drug-likeness (QED) is 0.679. The normalized spacial score (nSPS) is 12.3. The summed E-state index contributed by atoms with van der Waals surface area (Å²) in [4.78, 5) is 12.3. The largest absolute Gasteiger partial charge is 0.508 e. The van der Waals surface area contributed by atoms with E-state index in [1.807, 2.05) is 0 Å². The minimum Gasteiger partial charge on any atom is -0.508 e. The number of aromatic hydroxyl groups is 3. The van der Waals surface area contributed by atoms with Gasteiger partial charge in [-0.2, -0.15) is 0 Å². The van der Waals surface area contributed by atoms with Crippen LogP contribution in [0.25, 0.3) is 22.3 Å². The van der Waals surface area contributed by atoms with Gasteiger partial charge < -0.3 is 19.7 Å². The maximum Gasteiger partial charge on any atom is 0.293 e. The highest BCUT2D eigenvalue weighted by molar-refractivity contribution is 5.85. The van der Waals surface area contributed by atoms with Gasteiger partial charge in [0, 0.05) is 23.8 Å². The first kappa shape index (κ1) is 9.03. The Balaban J connectivity index is 2.21. The van der Waals surface area contributed by atoms with Gasteiger partial charge in [-0.3, -0.25) is 4.79 Å². The summed E-state index contributed by atoms with van der Waals surface area (Å²) in [5.41, 5.74) is 0.358. The van der Waals surface area contributed by atoms with Crippen LogP contribution < -0.4 is 5.43 Å². The zero-order valence-electron chi connectivity index (χ0n) is 13.1. The molecule has 0 saturated carbocycles. The molecule has 0 aliphatic rings. The molecule has 0 amide bonds. The lowest BCUT2D eigenvalue weighted by Crippen LogP contribution is -2.00. The highest BCUT2D eigenvalue weighted by Gasteiger charge is 2.11. The van der Waals surface area contributed by atoms with Crippen LogP contribution in [0.2, 0.25) is 0 Å². The average Bonchev–Trinajstić information content (AvgIpc) is 2.60. The fourth-order valence-electron chi connectivity index (χ4n) is 1.99. The minimum atomic E-state index is -0.388. The Kier molecular flexibility index (Phi) is 1.95. The van der Waals surface area contributed by atoms with Crippen LogP contribution in [0.4, 0.5) is 0 Å². The van der Waals surface area contributed by atoms with Gasteiger partial charge in [0.25, 0.3) is 4.29 Å². The standard InChI is InChI=1S/C15H10O5/c16-9-3-1-8(2-4-9)13-7-12(19)15-11(18)5-10(17)6-14(15)20-13/h1-7,16-18H/i/hD3. The van der Waals surface area contributed by atoms with Gasteiger partial charge in [-0.05, 0) is 24.3 Å². The van der Waals surface area contributed by atoms with Gasteiger partial charge in [-0.1, -0.05) is 0 Å². The van der Waals surface area contributed by atoms with E-state index in [0.717, 1.165) is 0 Å². The second-order valence-electron chi connectivity index (χ2n) is 4.29. The fourth-order valence-corrected chi connectivity index (χ4v) is 1.99. The van der Waals surface area contributed by atoms with E-state index in [1.54, 1.807) is 24.3 Å². The smallest absolute Gasteiger partial charge is 0.293 e. The molecule has 0 unspecified atom stereocenters. The Labute approximate surface area is 117 Å². The number of fused-ring (bicyclic) bond motifs is 1. The predicted molar refractivity (Wildman–Crippen MR) is 72.9 cm³/mol. The molecular weight excluding hydrogens is 260 g/mol. The third-order valence-corrected chi connectivity index (χ3v) is 2.91. The van der Waals surface area contributed by atoms with Crippen molar-refractivity contribution in [3.63, 3.8) is 0 Å². The van der Waals surface area contributed by atoms with Gasteiger partial charge in [0.1, 0.15) is 34.0 Å². The van der Waals surface area contributed by atoms with E-state index in [0.29, 0.717) is 11.3 Å². The van der Waals surface area contributed by atoms with Gasteiger partial charge >= 0.3 is 0 Å². The molecule has 0 bridgehead atoms. The molecule has 1 heterocycles. The molecule has 3 aromatic rings. The predicted octanol–water partition coefficient (Wildman–Crippen LogP) is 2.58. The van der Waals surface area contributed by atoms with Crippen LogP contribution >= 0.6 is 0 Å². The Bertz CT molecular complexity index is 905. The Hall–Kier alpha value is -2.95. The van der Waals surface area contributed by atoms with E-state index in [9.17, 15) is 4.79 Å². The van der Waals surface area contributed by atoms with Crippen LogP contribution in [-0.2, 0) is 0 Å². The van der Waals surface area contributed by atoms with Crippen molar-refractivity contribution in [3.8, 4) is 28.6 Å². The molecule has 0 saturated heterocycles. The molecule has 3 rings (SSSR count). The van der Waals surface area contributed by atoms with Crippen molar-refractivity contribution in [2.24, 2.45) is 0 Å². The number of phenols is 3. The van der Waals surface area contributed by atoms with Gasteiger partial charge in [0.15, 0.2) is 5.43 Å². The molecule has 0 spiro atoms. The van der Waals surface area contributed by atoms with Gasteiger partial charge in [-0.25, -0.2) is 0 Å². The van der Waals surface area contributed by atoms with Crippen molar-refractivity contribution in [3.05, 3.63) is 52.7 Å². The molecule has 0 aliphatic heterocycles. The van der Waals surface area contributed by atoms with Crippen LogP contribution in [0.5, 0.6) is 17.2 Å². The Morgan fingerprint density at radius 1 is 0.950 bits per heavy atom. The van der Waals surface area contributed by atoms with Gasteiger partial charge in [-0.15, -0.1) is 0 Å². The van der Waals surface area contributed by atoms with Gasteiger partial charge in [0.05, 0.1) is 0 Å². The van der Waals surface area contributed by atoms with E-state index in [4.69, 9.17) is 8.71 Å². The van der Waals surface area contributed by atoms with Crippen molar-refractivity contribution < 1.29 is 19.7 Å². The molecule has 0 fully saturated rings. The molecule has 5 heteroatoms.